The number of ether oxygens (including phenoxy) is 1. The molecular weight excluding hydrogens is 415 g/mol. The molecule has 0 aliphatic carbocycles. The summed E-state index contributed by atoms with van der Waals surface area (Å²) in [4.78, 5) is 13.0. The molecule has 1 saturated heterocycles. The van der Waals surface area contributed by atoms with Crippen molar-refractivity contribution in [3.8, 4) is 5.75 Å². The lowest BCUT2D eigenvalue weighted by Crippen LogP contribution is -2.27. The average Bonchev–Trinajstić information content (AvgIpc) is 2.72. The van der Waals surface area contributed by atoms with Crippen LogP contribution in [0.15, 0.2) is 22.7 Å². The largest absolute Gasteiger partial charge is 0.573 e. The molecule has 1 unspecified atom stereocenters. The molecule has 122 valence electrons. The molecule has 1 aromatic carbocycles. The van der Waals surface area contributed by atoms with Crippen LogP contribution in [0, 0.1) is 0 Å². The first-order chi connectivity index (χ1) is 9.97. The third-order valence-electron chi connectivity index (χ3n) is 2.93. The van der Waals surface area contributed by atoms with Gasteiger partial charge in [0.05, 0.1) is 5.69 Å². The normalized spacial score (nSPS) is 19.6. The topological polar surface area (TPSA) is 63.7 Å². The number of nitrogens with zero attached hydrogens (tertiary/aromatic N) is 1. The molecule has 0 spiro atoms. The Hall–Kier alpha value is -1.00. The number of carbonyl (C=O) groups excluding carboxylic acids is 1. The Balaban J connectivity index is 2.32. The molecule has 2 rings (SSSR count). The zero-order valence-corrected chi connectivity index (χ0v) is 13.8. The number of hydrogen-bond acceptors (Lipinski definition) is 4. The number of hydrogen-bond donors (Lipinski definition) is 0. The predicted octanol–water partition coefficient (Wildman–Crippen LogP) is 3.02. The fourth-order valence-electron chi connectivity index (χ4n) is 1.99. The van der Waals surface area contributed by atoms with Crippen LogP contribution in [-0.4, -0.2) is 32.5 Å². The highest BCUT2D eigenvalue weighted by molar-refractivity contribution is 9.10. The van der Waals surface area contributed by atoms with Crippen molar-refractivity contribution < 1.29 is 31.1 Å². The summed E-state index contributed by atoms with van der Waals surface area (Å²) < 4.78 is 63.4. The van der Waals surface area contributed by atoms with Crippen molar-refractivity contribution in [2.75, 3.05) is 11.4 Å². The minimum atomic E-state index is -4.87. The molecule has 1 aliphatic rings. The van der Waals surface area contributed by atoms with Crippen LogP contribution in [0.4, 0.5) is 18.9 Å². The van der Waals surface area contributed by atoms with E-state index < -0.39 is 32.3 Å². The molecule has 0 N–H and O–H groups in total. The summed E-state index contributed by atoms with van der Waals surface area (Å²) >= 11 is 3.10. The lowest BCUT2D eigenvalue weighted by atomic mass is 10.3. The van der Waals surface area contributed by atoms with Crippen LogP contribution < -0.4 is 9.64 Å². The molecule has 1 aliphatic heterocycles. The lowest BCUT2D eigenvalue weighted by molar-refractivity contribution is -0.274. The Bertz CT molecular complexity index is 710. The number of benzene rings is 1. The van der Waals surface area contributed by atoms with Gasteiger partial charge >= 0.3 is 6.36 Å². The molecule has 11 heteroatoms. The van der Waals surface area contributed by atoms with Gasteiger partial charge in [0.2, 0.25) is 15.0 Å². The number of alkyl halides is 3. The Morgan fingerprint density at radius 3 is 2.50 bits per heavy atom. The Morgan fingerprint density at radius 2 is 2.00 bits per heavy atom. The van der Waals surface area contributed by atoms with E-state index in [4.69, 9.17) is 10.7 Å². The first kappa shape index (κ1) is 17.4. The first-order valence-electron chi connectivity index (χ1n) is 5.76. The minimum Gasteiger partial charge on any atom is -0.406 e. The van der Waals surface area contributed by atoms with Gasteiger partial charge < -0.3 is 9.64 Å². The summed E-state index contributed by atoms with van der Waals surface area (Å²) in [7, 11) is 1.28. The number of carbonyl (C=O) groups is 1. The van der Waals surface area contributed by atoms with Gasteiger partial charge in [0.15, 0.2) is 0 Å². The fraction of sp³-hybridized carbons (Fsp3) is 0.364. The van der Waals surface area contributed by atoms with Crippen molar-refractivity contribution >= 4 is 47.3 Å². The van der Waals surface area contributed by atoms with E-state index in [-0.39, 0.29) is 18.7 Å². The number of halogens is 5. The van der Waals surface area contributed by atoms with Crippen molar-refractivity contribution in [3.63, 3.8) is 0 Å². The quantitative estimate of drug-likeness (QED) is 0.703. The zero-order valence-electron chi connectivity index (χ0n) is 10.6. The van der Waals surface area contributed by atoms with Gasteiger partial charge in [0.1, 0.15) is 11.0 Å². The van der Waals surface area contributed by atoms with Crippen LogP contribution >= 0.6 is 26.6 Å². The SMILES string of the molecule is O=C1CC(S(=O)(=O)Cl)CN1c1cc(OC(F)(F)F)ccc1Br. The Morgan fingerprint density at radius 1 is 1.36 bits per heavy atom. The van der Waals surface area contributed by atoms with Gasteiger partial charge in [-0.25, -0.2) is 8.42 Å². The highest BCUT2D eigenvalue weighted by Gasteiger charge is 2.39. The molecule has 1 heterocycles. The minimum absolute atomic E-state index is 0.0783. The number of rotatable bonds is 3. The van der Waals surface area contributed by atoms with Gasteiger partial charge in [-0.2, -0.15) is 0 Å². The first-order valence-corrected chi connectivity index (χ1v) is 8.93. The number of amides is 1. The summed E-state index contributed by atoms with van der Waals surface area (Å²) in [5, 5.41) is -1.11. The molecule has 0 radical (unpaired) electrons. The second kappa shape index (κ2) is 5.89. The van der Waals surface area contributed by atoms with Gasteiger partial charge in [-0.15, -0.1) is 13.2 Å². The third-order valence-corrected chi connectivity index (χ3v) is 5.47. The van der Waals surface area contributed by atoms with Crippen LogP contribution in [0.3, 0.4) is 0 Å². The number of anilines is 1. The zero-order chi connectivity index (χ0) is 16.7. The highest BCUT2D eigenvalue weighted by Crippen LogP contribution is 2.36. The van der Waals surface area contributed by atoms with Crippen molar-refractivity contribution in [2.45, 2.75) is 18.0 Å². The van der Waals surface area contributed by atoms with E-state index in [0.29, 0.717) is 4.47 Å². The summed E-state index contributed by atoms with van der Waals surface area (Å²) in [6.45, 7) is -0.237. The van der Waals surface area contributed by atoms with Gasteiger partial charge in [-0.05, 0) is 28.1 Å². The molecule has 1 atom stereocenters. The van der Waals surface area contributed by atoms with E-state index >= 15 is 0 Å². The van der Waals surface area contributed by atoms with Crippen LogP contribution in [0.25, 0.3) is 0 Å². The van der Waals surface area contributed by atoms with Gasteiger partial charge in [-0.1, -0.05) is 0 Å². The summed E-state index contributed by atoms with van der Waals surface area (Å²) in [6.07, 6.45) is -5.20. The second-order valence-corrected chi connectivity index (χ2v) is 8.23. The van der Waals surface area contributed by atoms with E-state index in [1.807, 2.05) is 0 Å². The smallest absolute Gasteiger partial charge is 0.406 e. The van der Waals surface area contributed by atoms with Crippen molar-refractivity contribution in [3.05, 3.63) is 22.7 Å². The van der Waals surface area contributed by atoms with Crippen LogP contribution in [0.1, 0.15) is 6.42 Å². The maximum atomic E-state index is 12.2. The molecule has 1 aromatic rings. The van der Waals surface area contributed by atoms with Gasteiger partial charge in [0, 0.05) is 34.2 Å². The maximum Gasteiger partial charge on any atom is 0.573 e. The molecular formula is C11H8BrClF3NO4S. The van der Waals surface area contributed by atoms with Crippen LogP contribution in [0.2, 0.25) is 0 Å². The monoisotopic (exact) mass is 421 g/mol. The van der Waals surface area contributed by atoms with E-state index in [9.17, 15) is 26.4 Å². The van der Waals surface area contributed by atoms with E-state index in [2.05, 4.69) is 20.7 Å². The van der Waals surface area contributed by atoms with Gasteiger partial charge in [-0.3, -0.25) is 4.79 Å². The standard InChI is InChI=1S/C11H8BrClF3NO4S/c12-8-2-1-6(21-11(14,15)16)3-9(8)17-5-7(4-10(17)18)22(13,19)20/h1-3,7H,4-5H2. The maximum absolute atomic E-state index is 12.2. The summed E-state index contributed by atoms with van der Waals surface area (Å²) in [6, 6.07) is 3.34. The Labute approximate surface area is 136 Å². The highest BCUT2D eigenvalue weighted by atomic mass is 79.9. The van der Waals surface area contributed by atoms with Crippen LogP contribution in [-0.2, 0) is 13.8 Å². The van der Waals surface area contributed by atoms with Gasteiger partial charge in [0.25, 0.3) is 0 Å². The predicted molar refractivity (Wildman–Crippen MR) is 76.4 cm³/mol. The summed E-state index contributed by atoms with van der Waals surface area (Å²) in [5.41, 5.74) is 0.0783. The molecule has 1 fully saturated rings. The molecule has 5 nitrogen and oxygen atoms in total. The third kappa shape index (κ3) is 4.05. The fourth-order valence-corrected chi connectivity index (χ4v) is 3.48. The van der Waals surface area contributed by atoms with E-state index in [1.54, 1.807) is 0 Å². The molecule has 1 amide bonds. The average molecular weight is 423 g/mol. The Kier molecular flexibility index (Phi) is 4.65. The molecule has 0 bridgehead atoms. The summed E-state index contributed by atoms with van der Waals surface area (Å²) in [5.74, 6) is -1.07. The lowest BCUT2D eigenvalue weighted by Gasteiger charge is -2.19. The molecule has 22 heavy (non-hydrogen) atoms. The van der Waals surface area contributed by atoms with Crippen molar-refractivity contribution in [1.29, 1.82) is 0 Å². The van der Waals surface area contributed by atoms with E-state index in [0.717, 1.165) is 17.0 Å². The molecule has 0 aromatic heterocycles. The van der Waals surface area contributed by atoms with Crippen molar-refractivity contribution in [2.24, 2.45) is 0 Å². The van der Waals surface area contributed by atoms with Crippen LogP contribution in [0.5, 0.6) is 5.75 Å². The molecule has 0 saturated carbocycles. The second-order valence-electron chi connectivity index (χ2n) is 4.47. The van der Waals surface area contributed by atoms with Crippen molar-refractivity contribution in [1.82, 2.24) is 0 Å². The van der Waals surface area contributed by atoms with E-state index in [1.165, 1.54) is 6.07 Å².